The normalized spacial score (nSPS) is 19.6. The first-order valence-corrected chi connectivity index (χ1v) is 11.0. The van der Waals surface area contributed by atoms with E-state index in [9.17, 15) is 18.4 Å². The molecule has 170 valence electrons. The highest BCUT2D eigenvalue weighted by Crippen LogP contribution is 2.18. The van der Waals surface area contributed by atoms with E-state index in [4.69, 9.17) is 4.74 Å². The van der Waals surface area contributed by atoms with Crippen LogP contribution in [0.5, 0.6) is 0 Å². The zero-order valence-electron chi connectivity index (χ0n) is 17.8. The number of rotatable bonds is 6. The zero-order chi connectivity index (χ0) is 22.5. The van der Waals surface area contributed by atoms with Gasteiger partial charge in [0.05, 0.1) is 0 Å². The van der Waals surface area contributed by atoms with Gasteiger partial charge in [-0.05, 0) is 61.6 Å². The highest BCUT2D eigenvalue weighted by molar-refractivity contribution is 5.98. The first-order valence-electron chi connectivity index (χ1n) is 11.0. The quantitative estimate of drug-likeness (QED) is 0.717. The average molecular weight is 443 g/mol. The number of hydrogen-bond donors (Lipinski definition) is 2. The lowest BCUT2D eigenvalue weighted by Gasteiger charge is -2.32. The molecular weight excluding hydrogens is 416 g/mol. The van der Waals surface area contributed by atoms with Crippen LogP contribution in [-0.2, 0) is 16.1 Å². The third-order valence-corrected chi connectivity index (χ3v) is 5.93. The molecule has 2 N–H and O–H groups in total. The molecule has 2 saturated heterocycles. The molecule has 6 nitrogen and oxygen atoms in total. The number of nitrogens with zero attached hydrogens (tertiary/aromatic N) is 1. The standard InChI is InChI=1S/C24H27F2N3O3/c25-20-7-6-16(13-21(20)26)15-29-10-8-18(9-11-29)27-23(30)17-3-1-4-19(14-17)28-24(31)22-5-2-12-32-22/h1,3-4,6-7,13-14,18,22H,2,5,8-12,15H2,(H,27,30)(H,28,31). The lowest BCUT2D eigenvalue weighted by atomic mass is 10.0. The van der Waals surface area contributed by atoms with Gasteiger partial charge in [-0.25, -0.2) is 8.78 Å². The lowest BCUT2D eigenvalue weighted by molar-refractivity contribution is -0.124. The number of carbonyl (C=O) groups is 2. The molecule has 2 aliphatic heterocycles. The van der Waals surface area contributed by atoms with E-state index >= 15 is 0 Å². The summed E-state index contributed by atoms with van der Waals surface area (Å²) in [5, 5.41) is 5.88. The molecule has 2 amide bonds. The minimum Gasteiger partial charge on any atom is -0.368 e. The monoisotopic (exact) mass is 443 g/mol. The first kappa shape index (κ1) is 22.4. The minimum atomic E-state index is -0.842. The zero-order valence-corrected chi connectivity index (χ0v) is 17.8. The van der Waals surface area contributed by atoms with E-state index in [0.29, 0.717) is 30.8 Å². The molecule has 32 heavy (non-hydrogen) atoms. The number of ether oxygens (including phenoxy) is 1. The highest BCUT2D eigenvalue weighted by atomic mass is 19.2. The van der Waals surface area contributed by atoms with Gasteiger partial charge < -0.3 is 15.4 Å². The Labute approximate surface area is 185 Å². The van der Waals surface area contributed by atoms with E-state index in [-0.39, 0.29) is 17.9 Å². The van der Waals surface area contributed by atoms with Crippen molar-refractivity contribution in [1.82, 2.24) is 10.2 Å². The van der Waals surface area contributed by atoms with Crippen LogP contribution in [0.2, 0.25) is 0 Å². The molecule has 2 fully saturated rings. The van der Waals surface area contributed by atoms with Crippen LogP contribution in [0.15, 0.2) is 42.5 Å². The van der Waals surface area contributed by atoms with Crippen LogP contribution in [0.3, 0.4) is 0 Å². The number of benzene rings is 2. The molecule has 2 aromatic carbocycles. The van der Waals surface area contributed by atoms with Crippen molar-refractivity contribution in [2.45, 2.75) is 44.4 Å². The van der Waals surface area contributed by atoms with Crippen LogP contribution in [-0.4, -0.2) is 48.6 Å². The van der Waals surface area contributed by atoms with Crippen LogP contribution < -0.4 is 10.6 Å². The summed E-state index contributed by atoms with van der Waals surface area (Å²) < 4.78 is 31.9. The SMILES string of the molecule is O=C(NC1CCN(Cc2ccc(F)c(F)c2)CC1)c1cccc(NC(=O)C2CCCO2)c1. The number of carbonyl (C=O) groups excluding carboxylic acids is 2. The van der Waals surface area contributed by atoms with Gasteiger partial charge in [0.2, 0.25) is 0 Å². The number of piperidine rings is 1. The summed E-state index contributed by atoms with van der Waals surface area (Å²) in [6, 6.07) is 10.9. The van der Waals surface area contributed by atoms with Crippen LogP contribution in [0.25, 0.3) is 0 Å². The predicted molar refractivity (Wildman–Crippen MR) is 116 cm³/mol. The Morgan fingerprint density at radius 2 is 1.84 bits per heavy atom. The number of likely N-dealkylation sites (tertiary alicyclic amines) is 1. The largest absolute Gasteiger partial charge is 0.368 e. The van der Waals surface area contributed by atoms with Crippen molar-refractivity contribution >= 4 is 17.5 Å². The molecule has 8 heteroatoms. The van der Waals surface area contributed by atoms with Gasteiger partial charge in [-0.15, -0.1) is 0 Å². The third-order valence-electron chi connectivity index (χ3n) is 5.93. The topological polar surface area (TPSA) is 70.7 Å². The van der Waals surface area contributed by atoms with E-state index in [0.717, 1.165) is 44.0 Å². The van der Waals surface area contributed by atoms with Crippen molar-refractivity contribution < 1.29 is 23.1 Å². The molecule has 0 spiro atoms. The average Bonchev–Trinajstić information content (AvgIpc) is 3.33. The Kier molecular flexibility index (Phi) is 7.12. The van der Waals surface area contributed by atoms with Gasteiger partial charge in [-0.1, -0.05) is 12.1 Å². The second kappa shape index (κ2) is 10.2. The Balaban J connectivity index is 1.26. The Morgan fingerprint density at radius 3 is 2.56 bits per heavy atom. The van der Waals surface area contributed by atoms with E-state index in [2.05, 4.69) is 15.5 Å². The summed E-state index contributed by atoms with van der Waals surface area (Å²) >= 11 is 0. The molecule has 0 radical (unpaired) electrons. The van der Waals surface area contributed by atoms with Crippen LogP contribution in [0.1, 0.15) is 41.6 Å². The molecule has 4 rings (SSSR count). The third kappa shape index (κ3) is 5.69. The molecule has 2 aliphatic rings. The van der Waals surface area contributed by atoms with Crippen molar-refractivity contribution in [2.75, 3.05) is 25.0 Å². The van der Waals surface area contributed by atoms with Crippen molar-refractivity contribution in [3.63, 3.8) is 0 Å². The molecule has 2 aromatic rings. The highest BCUT2D eigenvalue weighted by Gasteiger charge is 2.24. The van der Waals surface area contributed by atoms with Gasteiger partial charge in [0.25, 0.3) is 11.8 Å². The van der Waals surface area contributed by atoms with E-state index in [1.807, 2.05) is 0 Å². The van der Waals surface area contributed by atoms with Crippen molar-refractivity contribution in [1.29, 1.82) is 0 Å². The van der Waals surface area contributed by atoms with E-state index < -0.39 is 17.7 Å². The first-order chi connectivity index (χ1) is 15.5. The summed E-state index contributed by atoms with van der Waals surface area (Å²) in [6.45, 7) is 2.65. The van der Waals surface area contributed by atoms with Crippen LogP contribution >= 0.6 is 0 Å². The maximum absolute atomic E-state index is 13.4. The molecule has 1 atom stereocenters. The Morgan fingerprint density at radius 1 is 1.03 bits per heavy atom. The van der Waals surface area contributed by atoms with Gasteiger partial charge in [-0.2, -0.15) is 0 Å². The molecule has 0 aromatic heterocycles. The number of hydrogen-bond acceptors (Lipinski definition) is 4. The van der Waals surface area contributed by atoms with E-state index in [1.54, 1.807) is 30.3 Å². The smallest absolute Gasteiger partial charge is 0.253 e. The summed E-state index contributed by atoms with van der Waals surface area (Å²) in [5.74, 6) is -2.05. The van der Waals surface area contributed by atoms with Crippen molar-refractivity contribution in [2.24, 2.45) is 0 Å². The maximum atomic E-state index is 13.4. The minimum absolute atomic E-state index is 0.0360. The number of halogens is 2. The fraction of sp³-hybridized carbons (Fsp3) is 0.417. The van der Waals surface area contributed by atoms with Gasteiger partial charge in [0.1, 0.15) is 6.10 Å². The van der Waals surface area contributed by atoms with Gasteiger partial charge in [0, 0.05) is 43.5 Å². The van der Waals surface area contributed by atoms with E-state index in [1.165, 1.54) is 6.07 Å². The van der Waals surface area contributed by atoms with Crippen LogP contribution in [0, 0.1) is 11.6 Å². The number of amides is 2. The maximum Gasteiger partial charge on any atom is 0.253 e. The molecule has 0 bridgehead atoms. The lowest BCUT2D eigenvalue weighted by Crippen LogP contribution is -2.44. The second-order valence-corrected chi connectivity index (χ2v) is 8.34. The molecule has 2 heterocycles. The molecular formula is C24H27F2N3O3. The summed E-state index contributed by atoms with van der Waals surface area (Å²) in [7, 11) is 0. The molecule has 1 unspecified atom stereocenters. The summed E-state index contributed by atoms with van der Waals surface area (Å²) in [5.41, 5.74) is 1.78. The van der Waals surface area contributed by atoms with Gasteiger partial charge in [-0.3, -0.25) is 14.5 Å². The van der Waals surface area contributed by atoms with Crippen molar-refractivity contribution in [3.05, 3.63) is 65.2 Å². The molecule has 0 aliphatic carbocycles. The van der Waals surface area contributed by atoms with Crippen LogP contribution in [0.4, 0.5) is 14.5 Å². The number of nitrogens with one attached hydrogen (secondary N) is 2. The number of anilines is 1. The van der Waals surface area contributed by atoms with Crippen molar-refractivity contribution in [3.8, 4) is 0 Å². The predicted octanol–water partition coefficient (Wildman–Crippen LogP) is 3.48. The second-order valence-electron chi connectivity index (χ2n) is 8.34. The van der Waals surface area contributed by atoms with Gasteiger partial charge >= 0.3 is 0 Å². The van der Waals surface area contributed by atoms with Gasteiger partial charge in [0.15, 0.2) is 11.6 Å². The fourth-order valence-electron chi connectivity index (χ4n) is 4.15. The Hall–Kier alpha value is -2.84. The Bertz CT molecular complexity index is 971. The molecule has 0 saturated carbocycles. The summed E-state index contributed by atoms with van der Waals surface area (Å²) in [6.07, 6.45) is 2.69. The fourth-order valence-corrected chi connectivity index (χ4v) is 4.15. The summed E-state index contributed by atoms with van der Waals surface area (Å²) in [4.78, 5) is 27.1.